The van der Waals surface area contributed by atoms with E-state index in [1.54, 1.807) is 25.4 Å². The average Bonchev–Trinajstić information content (AvgIpc) is 2.81. The Hall–Kier alpha value is -3.50. The molecule has 10 heteroatoms. The van der Waals surface area contributed by atoms with Crippen LogP contribution in [-0.2, 0) is 10.0 Å². The lowest BCUT2D eigenvalue weighted by molar-refractivity contribution is 0.0994. The van der Waals surface area contributed by atoms with Gasteiger partial charge in [0, 0.05) is 18.8 Å². The number of nitrogens with one attached hydrogen (secondary N) is 1. The van der Waals surface area contributed by atoms with Gasteiger partial charge in [-0.2, -0.15) is 4.98 Å². The van der Waals surface area contributed by atoms with Crippen molar-refractivity contribution >= 4 is 39.1 Å². The molecule has 0 saturated heterocycles. The summed E-state index contributed by atoms with van der Waals surface area (Å²) < 4.78 is 23.2. The van der Waals surface area contributed by atoms with E-state index in [0.29, 0.717) is 22.8 Å². The SMILES string of the molecule is C=C/C=C(\C=C(/C)S(N)(=O)=O)Nc1ncc2c(n1)N(C(C)C)c1ccccc1C(=O)N2C. The maximum Gasteiger partial charge on any atom is 0.260 e. The quantitative estimate of drug-likeness (QED) is 0.642. The van der Waals surface area contributed by atoms with Crippen LogP contribution in [0.25, 0.3) is 0 Å². The van der Waals surface area contributed by atoms with E-state index in [2.05, 4.69) is 21.9 Å². The number of amides is 1. The van der Waals surface area contributed by atoms with Gasteiger partial charge in [0.05, 0.1) is 22.4 Å². The fourth-order valence-corrected chi connectivity index (χ4v) is 3.61. The topological polar surface area (TPSA) is 122 Å². The largest absolute Gasteiger partial charge is 0.324 e. The number of hydrogen-bond acceptors (Lipinski definition) is 7. The molecule has 9 nitrogen and oxygen atoms in total. The highest BCUT2D eigenvalue weighted by atomic mass is 32.2. The number of sulfonamides is 1. The molecule has 0 unspecified atom stereocenters. The average molecular weight is 455 g/mol. The lowest BCUT2D eigenvalue weighted by atomic mass is 10.1. The Kier molecular flexibility index (Phi) is 6.47. The van der Waals surface area contributed by atoms with Crippen molar-refractivity contribution < 1.29 is 13.2 Å². The van der Waals surface area contributed by atoms with Gasteiger partial charge in [-0.3, -0.25) is 4.79 Å². The summed E-state index contributed by atoms with van der Waals surface area (Å²) in [5.74, 6) is 0.609. The van der Waals surface area contributed by atoms with E-state index >= 15 is 0 Å². The van der Waals surface area contributed by atoms with Crippen LogP contribution in [0.5, 0.6) is 0 Å². The number of anilines is 4. The van der Waals surface area contributed by atoms with Crippen LogP contribution >= 0.6 is 0 Å². The van der Waals surface area contributed by atoms with Crippen LogP contribution in [0.15, 0.2) is 65.9 Å². The summed E-state index contributed by atoms with van der Waals surface area (Å²) in [7, 11) is -2.16. The fraction of sp³-hybridized carbons (Fsp3) is 0.227. The molecule has 1 aliphatic rings. The van der Waals surface area contributed by atoms with E-state index in [-0.39, 0.29) is 22.8 Å². The standard InChI is InChI=1S/C22H26N6O3S/c1-6-9-16(12-15(4)32(23,30)31)25-22-24-13-19-20(26-22)28(14(2)3)18-11-8-7-10-17(18)21(29)27(19)5/h6-14H,1H2,2-5H3,(H2,23,30,31)(H,24,25,26)/b15-12+,16-9+. The number of rotatable bonds is 6. The fourth-order valence-electron chi connectivity index (χ4n) is 3.32. The third-order valence-corrected chi connectivity index (χ3v) is 5.93. The predicted octanol–water partition coefficient (Wildman–Crippen LogP) is 3.29. The van der Waals surface area contributed by atoms with Gasteiger partial charge in [-0.05, 0) is 45.1 Å². The third kappa shape index (κ3) is 4.56. The highest BCUT2D eigenvalue weighted by molar-refractivity contribution is 7.93. The van der Waals surface area contributed by atoms with Crippen molar-refractivity contribution in [3.05, 3.63) is 71.4 Å². The Balaban J connectivity index is 2.13. The molecule has 1 amide bonds. The van der Waals surface area contributed by atoms with Gasteiger partial charge in [0.1, 0.15) is 5.69 Å². The number of carbonyl (C=O) groups excluding carboxylic acids is 1. The normalized spacial score (nSPS) is 14.8. The summed E-state index contributed by atoms with van der Waals surface area (Å²) in [5, 5.41) is 8.20. The number of para-hydroxylation sites is 1. The zero-order chi connectivity index (χ0) is 23.6. The number of carbonyl (C=O) groups is 1. The molecule has 2 aromatic rings. The first-order valence-electron chi connectivity index (χ1n) is 9.88. The molecule has 2 heterocycles. The highest BCUT2D eigenvalue weighted by Gasteiger charge is 2.31. The van der Waals surface area contributed by atoms with Crippen molar-refractivity contribution in [2.45, 2.75) is 26.8 Å². The predicted molar refractivity (Wildman–Crippen MR) is 127 cm³/mol. The molecule has 3 N–H and O–H groups in total. The first-order valence-corrected chi connectivity index (χ1v) is 11.4. The number of primary sulfonamides is 1. The number of fused-ring (bicyclic) bond motifs is 2. The molecule has 3 rings (SSSR count). The molecular weight excluding hydrogens is 428 g/mol. The van der Waals surface area contributed by atoms with Crippen molar-refractivity contribution in [1.82, 2.24) is 9.97 Å². The van der Waals surface area contributed by atoms with E-state index < -0.39 is 10.0 Å². The van der Waals surface area contributed by atoms with Gasteiger partial charge < -0.3 is 15.1 Å². The van der Waals surface area contributed by atoms with Gasteiger partial charge in [0.25, 0.3) is 5.91 Å². The molecule has 0 fully saturated rings. The first kappa shape index (κ1) is 23.2. The Morgan fingerprint density at radius 2 is 1.94 bits per heavy atom. The van der Waals surface area contributed by atoms with Crippen LogP contribution in [0, 0.1) is 0 Å². The molecule has 168 valence electrons. The van der Waals surface area contributed by atoms with Gasteiger partial charge in [-0.1, -0.05) is 24.8 Å². The molecule has 0 spiro atoms. The molecule has 1 aromatic heterocycles. The lowest BCUT2D eigenvalue weighted by Gasteiger charge is -2.29. The third-order valence-electron chi connectivity index (χ3n) is 4.92. The number of allylic oxidation sites excluding steroid dienone is 4. The summed E-state index contributed by atoms with van der Waals surface area (Å²) in [5.41, 5.74) is 2.25. The van der Waals surface area contributed by atoms with Gasteiger partial charge in [0.15, 0.2) is 5.82 Å². The minimum Gasteiger partial charge on any atom is -0.324 e. The van der Waals surface area contributed by atoms with Gasteiger partial charge in [-0.25, -0.2) is 18.5 Å². The molecule has 0 bridgehead atoms. The smallest absolute Gasteiger partial charge is 0.260 e. The minimum absolute atomic E-state index is 0.00957. The number of hydrogen-bond donors (Lipinski definition) is 2. The zero-order valence-electron chi connectivity index (χ0n) is 18.4. The molecule has 32 heavy (non-hydrogen) atoms. The van der Waals surface area contributed by atoms with E-state index in [4.69, 9.17) is 5.14 Å². The van der Waals surface area contributed by atoms with Crippen LogP contribution in [0.2, 0.25) is 0 Å². The monoisotopic (exact) mass is 454 g/mol. The van der Waals surface area contributed by atoms with Crippen molar-refractivity contribution in [2.75, 3.05) is 22.2 Å². The van der Waals surface area contributed by atoms with Crippen molar-refractivity contribution in [2.24, 2.45) is 5.14 Å². The Bertz CT molecular complexity index is 1230. The first-order chi connectivity index (χ1) is 15.0. The zero-order valence-corrected chi connectivity index (χ0v) is 19.2. The molecule has 1 aromatic carbocycles. The highest BCUT2D eigenvalue weighted by Crippen LogP contribution is 2.40. The summed E-state index contributed by atoms with van der Waals surface area (Å²) in [4.78, 5) is 25.5. The van der Waals surface area contributed by atoms with E-state index in [1.807, 2.05) is 36.9 Å². The van der Waals surface area contributed by atoms with Gasteiger partial charge >= 0.3 is 0 Å². The van der Waals surface area contributed by atoms with Crippen LogP contribution in [0.4, 0.5) is 23.1 Å². The second-order valence-corrected chi connectivity index (χ2v) is 9.26. The van der Waals surface area contributed by atoms with Crippen molar-refractivity contribution in [3.8, 4) is 0 Å². The van der Waals surface area contributed by atoms with Crippen LogP contribution in [0.3, 0.4) is 0 Å². The molecule has 0 atom stereocenters. The summed E-state index contributed by atoms with van der Waals surface area (Å²) >= 11 is 0. The Morgan fingerprint density at radius 1 is 1.25 bits per heavy atom. The van der Waals surface area contributed by atoms with Crippen LogP contribution < -0.4 is 20.3 Å². The maximum atomic E-state index is 13.1. The molecule has 0 radical (unpaired) electrons. The number of nitrogens with zero attached hydrogens (tertiary/aromatic N) is 4. The van der Waals surface area contributed by atoms with Gasteiger partial charge in [-0.15, -0.1) is 0 Å². The molecule has 0 saturated carbocycles. The number of benzene rings is 1. The molecule has 1 aliphatic heterocycles. The minimum atomic E-state index is -3.84. The maximum absolute atomic E-state index is 13.1. The van der Waals surface area contributed by atoms with E-state index in [9.17, 15) is 13.2 Å². The Labute approximate surface area is 188 Å². The van der Waals surface area contributed by atoms with E-state index in [1.165, 1.54) is 24.0 Å². The van der Waals surface area contributed by atoms with Crippen molar-refractivity contribution in [3.63, 3.8) is 0 Å². The number of aromatic nitrogens is 2. The van der Waals surface area contributed by atoms with Crippen molar-refractivity contribution in [1.29, 1.82) is 0 Å². The van der Waals surface area contributed by atoms with Gasteiger partial charge in [0.2, 0.25) is 16.0 Å². The second-order valence-electron chi connectivity index (χ2n) is 7.53. The molecular formula is C22H26N6O3S. The van der Waals surface area contributed by atoms with E-state index in [0.717, 1.165) is 5.69 Å². The lowest BCUT2D eigenvalue weighted by Crippen LogP contribution is -2.27. The summed E-state index contributed by atoms with van der Waals surface area (Å²) in [6.07, 6.45) is 6.01. The molecule has 0 aliphatic carbocycles. The van der Waals surface area contributed by atoms with Crippen LogP contribution in [-0.4, -0.2) is 37.4 Å². The number of nitrogens with two attached hydrogens (primary N) is 1. The summed E-state index contributed by atoms with van der Waals surface area (Å²) in [6.45, 7) is 9.06. The second kappa shape index (κ2) is 8.93. The Morgan fingerprint density at radius 3 is 2.56 bits per heavy atom. The summed E-state index contributed by atoms with van der Waals surface area (Å²) in [6, 6.07) is 7.35. The van der Waals surface area contributed by atoms with Crippen LogP contribution in [0.1, 0.15) is 31.1 Å².